The van der Waals surface area contributed by atoms with Crippen LogP contribution in [-0.4, -0.2) is 41.5 Å². The van der Waals surface area contributed by atoms with Crippen molar-refractivity contribution >= 4 is 44.5 Å². The number of aromatic amines is 1. The number of carbonyl (C=O) groups is 2. The molecular formula is C28H22N2O6. The fourth-order valence-corrected chi connectivity index (χ4v) is 4.99. The predicted octanol–water partition coefficient (Wildman–Crippen LogP) is 3.93. The molecule has 0 saturated carbocycles. The van der Waals surface area contributed by atoms with E-state index in [1.54, 1.807) is 30.3 Å². The van der Waals surface area contributed by atoms with Gasteiger partial charge in [0.2, 0.25) is 0 Å². The SMILES string of the molecule is COC(=O)C1Cc2c([nH]c3ccccc23)CN1C(=O)COc1ccc2c(c1)oc(=O)c1ccccc12. The van der Waals surface area contributed by atoms with Gasteiger partial charge < -0.3 is 23.8 Å². The summed E-state index contributed by atoms with van der Waals surface area (Å²) >= 11 is 0. The van der Waals surface area contributed by atoms with Crippen molar-refractivity contribution in [1.29, 1.82) is 0 Å². The Balaban J connectivity index is 1.26. The third-order valence-electron chi connectivity index (χ3n) is 6.75. The number of nitrogens with zero attached hydrogens (tertiary/aromatic N) is 1. The number of aromatic nitrogens is 1. The Morgan fingerprint density at radius 1 is 1.00 bits per heavy atom. The Labute approximate surface area is 205 Å². The molecule has 8 heteroatoms. The molecule has 0 fully saturated rings. The summed E-state index contributed by atoms with van der Waals surface area (Å²) in [5, 5.41) is 3.10. The molecule has 36 heavy (non-hydrogen) atoms. The molecule has 1 atom stereocenters. The van der Waals surface area contributed by atoms with Gasteiger partial charge >= 0.3 is 11.6 Å². The Hall–Kier alpha value is -4.59. The van der Waals surface area contributed by atoms with Gasteiger partial charge in [-0.3, -0.25) is 4.79 Å². The predicted molar refractivity (Wildman–Crippen MR) is 134 cm³/mol. The Morgan fingerprint density at radius 3 is 2.56 bits per heavy atom. The molecule has 1 N–H and O–H groups in total. The Kier molecular flexibility index (Phi) is 5.21. The molecule has 1 amide bonds. The second-order valence-electron chi connectivity index (χ2n) is 8.77. The van der Waals surface area contributed by atoms with Crippen LogP contribution in [0.3, 0.4) is 0 Å². The molecule has 0 saturated heterocycles. The minimum Gasteiger partial charge on any atom is -0.484 e. The van der Waals surface area contributed by atoms with Crippen LogP contribution in [0.4, 0.5) is 0 Å². The summed E-state index contributed by atoms with van der Waals surface area (Å²) in [7, 11) is 1.32. The fourth-order valence-electron chi connectivity index (χ4n) is 4.99. The number of hydrogen-bond acceptors (Lipinski definition) is 6. The van der Waals surface area contributed by atoms with Crippen molar-refractivity contribution in [3.63, 3.8) is 0 Å². The van der Waals surface area contributed by atoms with E-state index in [-0.39, 0.29) is 19.1 Å². The number of methoxy groups -OCH3 is 1. The molecule has 1 aliphatic rings. The lowest BCUT2D eigenvalue weighted by atomic mass is 9.96. The molecule has 0 radical (unpaired) electrons. The zero-order valence-electron chi connectivity index (χ0n) is 19.4. The molecule has 1 unspecified atom stereocenters. The highest BCUT2D eigenvalue weighted by Crippen LogP contribution is 2.31. The molecule has 0 aliphatic carbocycles. The first-order chi connectivity index (χ1) is 17.5. The van der Waals surface area contributed by atoms with Crippen molar-refractivity contribution in [2.24, 2.45) is 0 Å². The number of fused-ring (bicyclic) bond motifs is 6. The van der Waals surface area contributed by atoms with E-state index in [1.807, 2.05) is 36.4 Å². The van der Waals surface area contributed by atoms with Crippen molar-refractivity contribution in [3.05, 3.63) is 88.4 Å². The number of amides is 1. The highest BCUT2D eigenvalue weighted by molar-refractivity contribution is 6.04. The first kappa shape index (κ1) is 21.9. The van der Waals surface area contributed by atoms with Crippen molar-refractivity contribution in [1.82, 2.24) is 9.88 Å². The maximum atomic E-state index is 13.2. The standard InChI is InChI=1S/C28H22N2O6/c1-34-28(33)24-13-21-18-7-4-5-9-22(18)29-23(21)14-30(24)26(31)15-35-16-10-11-19-17-6-2-3-8-20(17)27(32)36-25(19)12-16/h2-12,24,29H,13-15H2,1H3. The summed E-state index contributed by atoms with van der Waals surface area (Å²) in [5.41, 5.74) is 2.81. The number of esters is 1. The van der Waals surface area contributed by atoms with Crippen LogP contribution in [0.5, 0.6) is 5.75 Å². The molecule has 2 aromatic heterocycles. The number of nitrogens with one attached hydrogen (secondary N) is 1. The van der Waals surface area contributed by atoms with Crippen LogP contribution in [0.15, 0.2) is 75.9 Å². The third kappa shape index (κ3) is 3.58. The molecule has 0 spiro atoms. The van der Waals surface area contributed by atoms with E-state index in [9.17, 15) is 14.4 Å². The largest absolute Gasteiger partial charge is 0.484 e. The maximum Gasteiger partial charge on any atom is 0.344 e. The highest BCUT2D eigenvalue weighted by atomic mass is 16.5. The first-order valence-electron chi connectivity index (χ1n) is 11.6. The van der Waals surface area contributed by atoms with E-state index >= 15 is 0 Å². The molecule has 5 aromatic rings. The van der Waals surface area contributed by atoms with Gasteiger partial charge in [-0.25, -0.2) is 9.59 Å². The number of hydrogen-bond donors (Lipinski definition) is 1. The van der Waals surface area contributed by atoms with Crippen LogP contribution >= 0.6 is 0 Å². The van der Waals surface area contributed by atoms with Crippen LogP contribution in [0, 0.1) is 0 Å². The van der Waals surface area contributed by atoms with E-state index in [0.717, 1.165) is 32.9 Å². The van der Waals surface area contributed by atoms with Gasteiger partial charge in [-0.1, -0.05) is 36.4 Å². The Morgan fingerprint density at radius 2 is 1.75 bits per heavy atom. The molecular weight excluding hydrogens is 460 g/mol. The molecule has 0 bridgehead atoms. The second-order valence-corrected chi connectivity index (χ2v) is 8.77. The van der Waals surface area contributed by atoms with Crippen LogP contribution in [0.2, 0.25) is 0 Å². The lowest BCUT2D eigenvalue weighted by Gasteiger charge is -2.33. The van der Waals surface area contributed by atoms with Crippen molar-refractivity contribution in [2.75, 3.05) is 13.7 Å². The van der Waals surface area contributed by atoms with Crippen LogP contribution in [0.25, 0.3) is 32.6 Å². The molecule has 3 aromatic carbocycles. The van der Waals surface area contributed by atoms with Gasteiger partial charge in [0.15, 0.2) is 6.61 Å². The molecule has 1 aliphatic heterocycles. The smallest absolute Gasteiger partial charge is 0.344 e. The lowest BCUT2D eigenvalue weighted by molar-refractivity contribution is -0.154. The summed E-state index contributed by atoms with van der Waals surface area (Å²) in [6.07, 6.45) is 0.353. The van der Waals surface area contributed by atoms with Crippen molar-refractivity contribution in [2.45, 2.75) is 19.0 Å². The van der Waals surface area contributed by atoms with E-state index in [2.05, 4.69) is 4.98 Å². The average molecular weight is 482 g/mol. The first-order valence-corrected chi connectivity index (χ1v) is 11.6. The number of benzene rings is 3. The summed E-state index contributed by atoms with van der Waals surface area (Å²) in [6, 6.07) is 19.5. The minimum atomic E-state index is -0.751. The van der Waals surface area contributed by atoms with Crippen molar-refractivity contribution < 1.29 is 23.5 Å². The fraction of sp³-hybridized carbons (Fsp3) is 0.179. The average Bonchev–Trinajstić information content (AvgIpc) is 3.28. The van der Waals surface area contributed by atoms with Crippen LogP contribution in [0.1, 0.15) is 11.3 Å². The van der Waals surface area contributed by atoms with Gasteiger partial charge in [0.1, 0.15) is 17.4 Å². The molecule has 8 nitrogen and oxygen atoms in total. The summed E-state index contributed by atoms with van der Waals surface area (Å²) in [4.78, 5) is 43.0. The Bertz CT molecular complexity index is 1720. The second kappa shape index (κ2) is 8.57. The van der Waals surface area contributed by atoms with Gasteiger partial charge in [0.05, 0.1) is 19.0 Å². The minimum absolute atomic E-state index is 0.241. The van der Waals surface area contributed by atoms with E-state index in [4.69, 9.17) is 13.9 Å². The summed E-state index contributed by atoms with van der Waals surface area (Å²) < 4.78 is 16.3. The summed E-state index contributed by atoms with van der Waals surface area (Å²) in [5.74, 6) is -0.444. The quantitative estimate of drug-likeness (QED) is 0.237. The third-order valence-corrected chi connectivity index (χ3v) is 6.75. The maximum absolute atomic E-state index is 13.2. The number of carbonyl (C=O) groups excluding carboxylic acids is 2. The number of ether oxygens (including phenoxy) is 2. The topological polar surface area (TPSA) is 102 Å². The molecule has 3 heterocycles. The zero-order valence-corrected chi connectivity index (χ0v) is 19.4. The van der Waals surface area contributed by atoms with Gasteiger partial charge in [-0.15, -0.1) is 0 Å². The van der Waals surface area contributed by atoms with Gasteiger partial charge in [0.25, 0.3) is 5.91 Å². The normalized spacial score (nSPS) is 15.2. The summed E-state index contributed by atoms with van der Waals surface area (Å²) in [6.45, 7) is -0.0447. The molecule has 6 rings (SSSR count). The van der Waals surface area contributed by atoms with Gasteiger partial charge in [-0.2, -0.15) is 0 Å². The monoisotopic (exact) mass is 482 g/mol. The van der Waals surface area contributed by atoms with Crippen LogP contribution < -0.4 is 10.4 Å². The van der Waals surface area contributed by atoms with E-state index in [0.29, 0.717) is 23.1 Å². The van der Waals surface area contributed by atoms with E-state index < -0.39 is 17.6 Å². The number of rotatable bonds is 4. The number of H-pyrrole nitrogens is 1. The van der Waals surface area contributed by atoms with E-state index in [1.165, 1.54) is 12.0 Å². The molecule has 180 valence electrons. The van der Waals surface area contributed by atoms with Gasteiger partial charge in [-0.05, 0) is 35.2 Å². The highest BCUT2D eigenvalue weighted by Gasteiger charge is 2.37. The zero-order chi connectivity index (χ0) is 24.8. The number of para-hydroxylation sites is 1. The lowest BCUT2D eigenvalue weighted by Crippen LogP contribution is -2.50. The van der Waals surface area contributed by atoms with Crippen LogP contribution in [-0.2, 0) is 27.3 Å². The van der Waals surface area contributed by atoms with Crippen molar-refractivity contribution in [3.8, 4) is 5.75 Å². The van der Waals surface area contributed by atoms with Gasteiger partial charge in [0, 0.05) is 34.5 Å².